The summed E-state index contributed by atoms with van der Waals surface area (Å²) in [5, 5.41) is 2.84. The average Bonchev–Trinajstić information content (AvgIpc) is 2.53. The molecule has 0 aliphatic rings. The largest absolute Gasteiger partial charge is 0.497 e. The summed E-state index contributed by atoms with van der Waals surface area (Å²) in [6.45, 7) is -0.0458. The normalized spacial score (nSPS) is 10.0. The summed E-state index contributed by atoms with van der Waals surface area (Å²) in [5.74, 6) is 1.10. The molecule has 1 N–H and O–H groups in total. The summed E-state index contributed by atoms with van der Waals surface area (Å²) in [4.78, 5) is 13.0. The maximum atomic E-state index is 11.9. The Morgan fingerprint density at radius 2 is 1.90 bits per heavy atom. The van der Waals surface area contributed by atoms with E-state index in [2.05, 4.69) is 5.32 Å². The van der Waals surface area contributed by atoms with Crippen molar-refractivity contribution in [3.8, 4) is 11.5 Å². The van der Waals surface area contributed by atoms with Crippen molar-refractivity contribution in [2.45, 2.75) is 4.90 Å². The van der Waals surface area contributed by atoms with E-state index in [4.69, 9.17) is 9.47 Å². The van der Waals surface area contributed by atoms with Gasteiger partial charge in [-0.2, -0.15) is 0 Å². The van der Waals surface area contributed by atoms with Crippen LogP contribution in [0.4, 0.5) is 5.69 Å². The molecule has 0 saturated carbocycles. The van der Waals surface area contributed by atoms with Gasteiger partial charge in [0.05, 0.1) is 12.8 Å². The van der Waals surface area contributed by atoms with Gasteiger partial charge in [-0.05, 0) is 30.5 Å². The van der Waals surface area contributed by atoms with Crippen LogP contribution in [-0.2, 0) is 4.79 Å². The molecule has 0 radical (unpaired) electrons. The minimum atomic E-state index is -0.195. The zero-order valence-corrected chi connectivity index (χ0v) is 12.8. The predicted octanol–water partition coefficient (Wildman–Crippen LogP) is 3.43. The molecule has 0 aliphatic carbocycles. The standard InChI is InChI=1S/C16H17NO3S/c1-19-12-6-5-7-13(10-12)20-11-16(18)17-14-8-3-4-9-15(14)21-2/h3-10H,11H2,1-2H3,(H,17,18). The molecule has 0 aromatic heterocycles. The molecule has 1 amide bonds. The van der Waals surface area contributed by atoms with Gasteiger partial charge in [-0.25, -0.2) is 0 Å². The van der Waals surface area contributed by atoms with Crippen LogP contribution in [0, 0.1) is 0 Å². The lowest BCUT2D eigenvalue weighted by Crippen LogP contribution is -2.20. The number of rotatable bonds is 6. The number of carbonyl (C=O) groups excluding carboxylic acids is 1. The van der Waals surface area contributed by atoms with Crippen LogP contribution in [0.25, 0.3) is 0 Å². The zero-order chi connectivity index (χ0) is 15.1. The molecule has 0 heterocycles. The van der Waals surface area contributed by atoms with E-state index in [1.807, 2.05) is 42.7 Å². The molecule has 0 bridgehead atoms. The number of thioether (sulfide) groups is 1. The number of benzene rings is 2. The zero-order valence-electron chi connectivity index (χ0n) is 12.0. The molecule has 2 aromatic carbocycles. The van der Waals surface area contributed by atoms with Crippen molar-refractivity contribution in [3.63, 3.8) is 0 Å². The first-order chi connectivity index (χ1) is 10.2. The molecule has 4 nitrogen and oxygen atoms in total. The molecular weight excluding hydrogens is 286 g/mol. The first-order valence-corrected chi connectivity index (χ1v) is 7.65. The maximum Gasteiger partial charge on any atom is 0.262 e. The van der Waals surface area contributed by atoms with Crippen LogP contribution in [0.3, 0.4) is 0 Å². The van der Waals surface area contributed by atoms with E-state index in [0.29, 0.717) is 11.5 Å². The van der Waals surface area contributed by atoms with Crippen molar-refractivity contribution in [2.75, 3.05) is 25.3 Å². The van der Waals surface area contributed by atoms with Crippen LogP contribution in [0.1, 0.15) is 0 Å². The van der Waals surface area contributed by atoms with E-state index in [1.54, 1.807) is 31.0 Å². The van der Waals surface area contributed by atoms with E-state index >= 15 is 0 Å². The Morgan fingerprint density at radius 1 is 1.14 bits per heavy atom. The van der Waals surface area contributed by atoms with Crippen molar-refractivity contribution in [2.24, 2.45) is 0 Å². The SMILES string of the molecule is COc1cccc(OCC(=O)Nc2ccccc2SC)c1. The fraction of sp³-hybridized carbons (Fsp3) is 0.188. The summed E-state index contributed by atoms with van der Waals surface area (Å²) in [6, 6.07) is 14.8. The Balaban J connectivity index is 1.92. The van der Waals surface area contributed by atoms with E-state index < -0.39 is 0 Å². The summed E-state index contributed by atoms with van der Waals surface area (Å²) in [6.07, 6.45) is 1.97. The van der Waals surface area contributed by atoms with Gasteiger partial charge < -0.3 is 14.8 Å². The maximum absolute atomic E-state index is 11.9. The Morgan fingerprint density at radius 3 is 2.67 bits per heavy atom. The highest BCUT2D eigenvalue weighted by Crippen LogP contribution is 2.24. The highest BCUT2D eigenvalue weighted by atomic mass is 32.2. The average molecular weight is 303 g/mol. The lowest BCUT2D eigenvalue weighted by atomic mass is 10.3. The van der Waals surface area contributed by atoms with Gasteiger partial charge >= 0.3 is 0 Å². The molecule has 5 heteroatoms. The highest BCUT2D eigenvalue weighted by molar-refractivity contribution is 7.98. The molecule has 2 aromatic rings. The number of para-hydroxylation sites is 1. The number of anilines is 1. The Hall–Kier alpha value is -2.14. The second-order valence-corrected chi connectivity index (χ2v) is 5.06. The van der Waals surface area contributed by atoms with Gasteiger partial charge in [0.1, 0.15) is 11.5 Å². The van der Waals surface area contributed by atoms with Crippen molar-refractivity contribution in [3.05, 3.63) is 48.5 Å². The monoisotopic (exact) mass is 303 g/mol. The summed E-state index contributed by atoms with van der Waals surface area (Å²) in [5.41, 5.74) is 0.796. The topological polar surface area (TPSA) is 47.6 Å². The Kier molecular flexibility index (Phi) is 5.51. The number of hydrogen-bond donors (Lipinski definition) is 1. The molecular formula is C16H17NO3S. The molecule has 110 valence electrons. The first kappa shape index (κ1) is 15.3. The third kappa shape index (κ3) is 4.43. The van der Waals surface area contributed by atoms with Crippen LogP contribution in [-0.4, -0.2) is 25.9 Å². The van der Waals surface area contributed by atoms with E-state index in [-0.39, 0.29) is 12.5 Å². The summed E-state index contributed by atoms with van der Waals surface area (Å²) < 4.78 is 10.6. The number of ether oxygens (including phenoxy) is 2. The van der Waals surface area contributed by atoms with Gasteiger partial charge in [0.15, 0.2) is 6.61 Å². The minimum Gasteiger partial charge on any atom is -0.497 e. The van der Waals surface area contributed by atoms with Crippen molar-refractivity contribution >= 4 is 23.4 Å². The van der Waals surface area contributed by atoms with Gasteiger partial charge in [0, 0.05) is 11.0 Å². The predicted molar refractivity (Wildman–Crippen MR) is 85.3 cm³/mol. The molecule has 0 atom stereocenters. The van der Waals surface area contributed by atoms with Gasteiger partial charge in [-0.15, -0.1) is 11.8 Å². The summed E-state index contributed by atoms with van der Waals surface area (Å²) >= 11 is 1.58. The Bertz CT molecular complexity index is 616. The van der Waals surface area contributed by atoms with Crippen LogP contribution in [0.15, 0.2) is 53.4 Å². The van der Waals surface area contributed by atoms with Crippen molar-refractivity contribution in [1.82, 2.24) is 0 Å². The number of methoxy groups -OCH3 is 1. The number of carbonyl (C=O) groups is 1. The molecule has 0 unspecified atom stereocenters. The van der Waals surface area contributed by atoms with Gasteiger partial charge in [0.2, 0.25) is 0 Å². The second kappa shape index (κ2) is 7.59. The fourth-order valence-electron chi connectivity index (χ4n) is 1.77. The molecule has 0 aliphatic heterocycles. The number of nitrogens with one attached hydrogen (secondary N) is 1. The summed E-state index contributed by atoms with van der Waals surface area (Å²) in [7, 11) is 1.59. The first-order valence-electron chi connectivity index (χ1n) is 6.42. The molecule has 0 fully saturated rings. The highest BCUT2D eigenvalue weighted by Gasteiger charge is 2.07. The quantitative estimate of drug-likeness (QED) is 0.831. The van der Waals surface area contributed by atoms with Crippen LogP contribution in [0.5, 0.6) is 11.5 Å². The van der Waals surface area contributed by atoms with E-state index in [1.165, 1.54) is 0 Å². The van der Waals surface area contributed by atoms with Crippen molar-refractivity contribution < 1.29 is 14.3 Å². The smallest absolute Gasteiger partial charge is 0.262 e. The van der Waals surface area contributed by atoms with Gasteiger partial charge in [0.25, 0.3) is 5.91 Å². The van der Waals surface area contributed by atoms with Gasteiger partial charge in [-0.1, -0.05) is 18.2 Å². The third-order valence-electron chi connectivity index (χ3n) is 2.79. The van der Waals surface area contributed by atoms with E-state index in [0.717, 1.165) is 10.6 Å². The number of amides is 1. The molecule has 21 heavy (non-hydrogen) atoms. The van der Waals surface area contributed by atoms with Crippen molar-refractivity contribution in [1.29, 1.82) is 0 Å². The number of hydrogen-bond acceptors (Lipinski definition) is 4. The fourth-order valence-corrected chi connectivity index (χ4v) is 2.33. The molecule has 0 spiro atoms. The third-order valence-corrected chi connectivity index (χ3v) is 3.59. The molecule has 0 saturated heterocycles. The Labute approximate surface area is 128 Å². The van der Waals surface area contributed by atoms with Gasteiger partial charge in [-0.3, -0.25) is 4.79 Å². The lowest BCUT2D eigenvalue weighted by Gasteiger charge is -2.10. The molecule has 2 rings (SSSR count). The van der Waals surface area contributed by atoms with Crippen LogP contribution >= 0.6 is 11.8 Å². The van der Waals surface area contributed by atoms with E-state index in [9.17, 15) is 4.79 Å². The lowest BCUT2D eigenvalue weighted by molar-refractivity contribution is -0.118. The van der Waals surface area contributed by atoms with Crippen LogP contribution in [0.2, 0.25) is 0 Å². The second-order valence-electron chi connectivity index (χ2n) is 4.22. The minimum absolute atomic E-state index is 0.0458. The van der Waals surface area contributed by atoms with Crippen LogP contribution < -0.4 is 14.8 Å².